The molecule has 1 aromatic rings. The maximum absolute atomic E-state index is 11.9. The minimum absolute atomic E-state index is 0.0329. The van der Waals surface area contributed by atoms with E-state index in [2.05, 4.69) is 10.6 Å². The number of nitrogens with one attached hydrogen (secondary N) is 2. The molecule has 4 heteroatoms. The summed E-state index contributed by atoms with van der Waals surface area (Å²) in [5, 5.41) is 5.83. The van der Waals surface area contributed by atoms with Gasteiger partial charge in [0.2, 0.25) is 5.91 Å². The van der Waals surface area contributed by atoms with Gasteiger partial charge in [0.25, 0.3) is 5.91 Å². The van der Waals surface area contributed by atoms with Crippen LogP contribution in [-0.2, 0) is 11.3 Å². The molecule has 2 amide bonds. The molecular formula is C17H26N2O2. The van der Waals surface area contributed by atoms with E-state index in [1.165, 1.54) is 0 Å². The Bertz CT molecular complexity index is 468. The standard InChI is InChI=1S/C17H26N2O2/c1-5-12(3)16(20)18-11-14-7-9-15(10-8-14)17(21)19-13(4)6-2/h7-10,12-13H,5-6,11H2,1-4H3,(H,18,20)(H,19,21)/t12-,13-/m0/s1. The average Bonchev–Trinajstić information content (AvgIpc) is 2.51. The molecule has 0 radical (unpaired) electrons. The minimum atomic E-state index is -0.0560. The molecule has 21 heavy (non-hydrogen) atoms. The predicted molar refractivity (Wildman–Crippen MR) is 85.0 cm³/mol. The molecule has 2 atom stereocenters. The van der Waals surface area contributed by atoms with Crippen molar-refractivity contribution in [1.82, 2.24) is 10.6 Å². The van der Waals surface area contributed by atoms with Gasteiger partial charge in [-0.2, -0.15) is 0 Å². The van der Waals surface area contributed by atoms with Crippen LogP contribution in [0.2, 0.25) is 0 Å². The largest absolute Gasteiger partial charge is 0.352 e. The fourth-order valence-corrected chi connectivity index (χ4v) is 1.73. The SMILES string of the molecule is CC[C@H](C)NC(=O)c1ccc(CNC(=O)[C@@H](C)CC)cc1. The lowest BCUT2D eigenvalue weighted by atomic mass is 10.1. The maximum atomic E-state index is 11.9. The van der Waals surface area contributed by atoms with Crippen molar-refractivity contribution in [2.24, 2.45) is 5.92 Å². The Hall–Kier alpha value is -1.84. The van der Waals surface area contributed by atoms with Crippen molar-refractivity contribution in [2.75, 3.05) is 0 Å². The van der Waals surface area contributed by atoms with Crippen LogP contribution in [-0.4, -0.2) is 17.9 Å². The van der Waals surface area contributed by atoms with Crippen molar-refractivity contribution < 1.29 is 9.59 Å². The molecule has 1 aromatic carbocycles. The molecule has 0 aromatic heterocycles. The van der Waals surface area contributed by atoms with Crippen LogP contribution >= 0.6 is 0 Å². The Labute approximate surface area is 127 Å². The summed E-state index contributed by atoms with van der Waals surface area (Å²) in [4.78, 5) is 23.6. The summed E-state index contributed by atoms with van der Waals surface area (Å²) < 4.78 is 0. The Balaban J connectivity index is 2.54. The molecule has 4 nitrogen and oxygen atoms in total. The van der Waals surface area contributed by atoms with Gasteiger partial charge in [0.05, 0.1) is 0 Å². The van der Waals surface area contributed by atoms with Crippen molar-refractivity contribution in [3.8, 4) is 0 Å². The fraction of sp³-hybridized carbons (Fsp3) is 0.529. The van der Waals surface area contributed by atoms with Crippen molar-refractivity contribution >= 4 is 11.8 Å². The van der Waals surface area contributed by atoms with Gasteiger partial charge >= 0.3 is 0 Å². The molecule has 0 heterocycles. The van der Waals surface area contributed by atoms with E-state index in [0.717, 1.165) is 18.4 Å². The molecule has 0 unspecified atom stereocenters. The van der Waals surface area contributed by atoms with Crippen LogP contribution in [0.15, 0.2) is 24.3 Å². The van der Waals surface area contributed by atoms with Crippen LogP contribution in [0.3, 0.4) is 0 Å². The first kappa shape index (κ1) is 17.2. The molecule has 0 fully saturated rings. The van der Waals surface area contributed by atoms with Crippen LogP contribution in [0.5, 0.6) is 0 Å². The number of carbonyl (C=O) groups is 2. The quantitative estimate of drug-likeness (QED) is 0.811. The third-order valence-corrected chi connectivity index (χ3v) is 3.73. The van der Waals surface area contributed by atoms with Crippen LogP contribution in [0, 0.1) is 5.92 Å². The first-order valence-electron chi connectivity index (χ1n) is 7.65. The molecule has 2 N–H and O–H groups in total. The first-order chi connectivity index (χ1) is 9.97. The Kier molecular flexibility index (Phi) is 6.92. The third-order valence-electron chi connectivity index (χ3n) is 3.73. The predicted octanol–water partition coefficient (Wildman–Crippen LogP) is 2.88. The van der Waals surface area contributed by atoms with E-state index in [0.29, 0.717) is 12.1 Å². The zero-order valence-corrected chi connectivity index (χ0v) is 13.4. The van der Waals surface area contributed by atoms with Gasteiger partial charge in [0, 0.05) is 24.1 Å². The first-order valence-corrected chi connectivity index (χ1v) is 7.65. The number of amides is 2. The zero-order valence-electron chi connectivity index (χ0n) is 13.4. The summed E-state index contributed by atoms with van der Waals surface area (Å²) >= 11 is 0. The molecular weight excluding hydrogens is 264 g/mol. The van der Waals surface area contributed by atoms with Gasteiger partial charge in [-0.15, -0.1) is 0 Å². The van der Waals surface area contributed by atoms with E-state index in [4.69, 9.17) is 0 Å². The molecule has 1 rings (SSSR count). The molecule has 0 aliphatic rings. The number of rotatable bonds is 7. The van der Waals surface area contributed by atoms with Crippen LogP contribution in [0.4, 0.5) is 0 Å². The second-order valence-corrected chi connectivity index (χ2v) is 5.51. The van der Waals surface area contributed by atoms with Crippen molar-refractivity contribution in [2.45, 2.75) is 53.1 Å². The van der Waals surface area contributed by atoms with Gasteiger partial charge in [-0.3, -0.25) is 9.59 Å². The molecule has 0 saturated carbocycles. The summed E-state index contributed by atoms with van der Waals surface area (Å²) in [6, 6.07) is 7.52. The lowest BCUT2D eigenvalue weighted by Crippen LogP contribution is -2.32. The normalized spacial score (nSPS) is 13.3. The molecule has 0 saturated heterocycles. The topological polar surface area (TPSA) is 58.2 Å². The highest BCUT2D eigenvalue weighted by Crippen LogP contribution is 2.06. The van der Waals surface area contributed by atoms with Crippen LogP contribution < -0.4 is 10.6 Å². The van der Waals surface area contributed by atoms with Gasteiger partial charge in [-0.1, -0.05) is 32.9 Å². The summed E-state index contributed by atoms with van der Waals surface area (Å²) in [5.74, 6) is 0.0428. The van der Waals surface area contributed by atoms with E-state index in [-0.39, 0.29) is 23.8 Å². The number of benzene rings is 1. The zero-order chi connectivity index (χ0) is 15.8. The van der Waals surface area contributed by atoms with Crippen LogP contribution in [0.1, 0.15) is 56.5 Å². The Morgan fingerprint density at radius 3 is 2.19 bits per heavy atom. The van der Waals surface area contributed by atoms with E-state index < -0.39 is 0 Å². The lowest BCUT2D eigenvalue weighted by molar-refractivity contribution is -0.124. The molecule has 0 spiro atoms. The van der Waals surface area contributed by atoms with E-state index >= 15 is 0 Å². The molecule has 0 aliphatic carbocycles. The highest BCUT2D eigenvalue weighted by molar-refractivity contribution is 5.94. The minimum Gasteiger partial charge on any atom is -0.352 e. The number of hydrogen-bond acceptors (Lipinski definition) is 2. The average molecular weight is 290 g/mol. The monoisotopic (exact) mass is 290 g/mol. The number of carbonyl (C=O) groups excluding carboxylic acids is 2. The highest BCUT2D eigenvalue weighted by Gasteiger charge is 2.10. The van der Waals surface area contributed by atoms with Gasteiger partial charge in [0.15, 0.2) is 0 Å². The fourth-order valence-electron chi connectivity index (χ4n) is 1.73. The number of hydrogen-bond donors (Lipinski definition) is 2. The third kappa shape index (κ3) is 5.58. The maximum Gasteiger partial charge on any atom is 0.251 e. The van der Waals surface area contributed by atoms with E-state index in [1.54, 1.807) is 12.1 Å². The Morgan fingerprint density at radius 1 is 1.05 bits per heavy atom. The summed E-state index contributed by atoms with van der Waals surface area (Å²) in [5.41, 5.74) is 1.64. The highest BCUT2D eigenvalue weighted by atomic mass is 16.2. The molecule has 0 bridgehead atoms. The van der Waals surface area contributed by atoms with Gasteiger partial charge in [0.1, 0.15) is 0 Å². The van der Waals surface area contributed by atoms with E-state index in [9.17, 15) is 9.59 Å². The molecule has 116 valence electrons. The van der Waals surface area contributed by atoms with Crippen molar-refractivity contribution in [1.29, 1.82) is 0 Å². The van der Waals surface area contributed by atoms with Crippen LogP contribution in [0.25, 0.3) is 0 Å². The lowest BCUT2D eigenvalue weighted by Gasteiger charge is -2.12. The Morgan fingerprint density at radius 2 is 1.67 bits per heavy atom. The van der Waals surface area contributed by atoms with Gasteiger partial charge in [-0.25, -0.2) is 0 Å². The summed E-state index contributed by atoms with van der Waals surface area (Å²) in [6.45, 7) is 8.42. The van der Waals surface area contributed by atoms with Crippen molar-refractivity contribution in [3.05, 3.63) is 35.4 Å². The van der Waals surface area contributed by atoms with Gasteiger partial charge < -0.3 is 10.6 Å². The summed E-state index contributed by atoms with van der Waals surface area (Å²) in [7, 11) is 0. The summed E-state index contributed by atoms with van der Waals surface area (Å²) in [6.07, 6.45) is 1.74. The second-order valence-electron chi connectivity index (χ2n) is 5.51. The van der Waals surface area contributed by atoms with E-state index in [1.807, 2.05) is 39.8 Å². The molecule has 0 aliphatic heterocycles. The van der Waals surface area contributed by atoms with Gasteiger partial charge in [-0.05, 0) is 37.5 Å². The second kappa shape index (κ2) is 8.45. The smallest absolute Gasteiger partial charge is 0.251 e. The van der Waals surface area contributed by atoms with Crippen molar-refractivity contribution in [3.63, 3.8) is 0 Å².